The summed E-state index contributed by atoms with van der Waals surface area (Å²) in [4.78, 5) is 11.8. The van der Waals surface area contributed by atoms with Crippen LogP contribution in [0.4, 0.5) is 18.9 Å². The van der Waals surface area contributed by atoms with E-state index in [1.165, 1.54) is 6.20 Å². The second-order valence-corrected chi connectivity index (χ2v) is 5.95. The van der Waals surface area contributed by atoms with Crippen molar-refractivity contribution >= 4 is 21.6 Å². The van der Waals surface area contributed by atoms with E-state index in [2.05, 4.69) is 26.3 Å². The molecule has 9 heteroatoms. The molecular formula is C12H18BrF3N4O. The highest BCUT2D eigenvalue weighted by atomic mass is 79.9. The molecule has 0 aliphatic carbocycles. The van der Waals surface area contributed by atoms with Crippen LogP contribution in [0.2, 0.25) is 0 Å². The summed E-state index contributed by atoms with van der Waals surface area (Å²) in [7, 11) is 0. The van der Waals surface area contributed by atoms with Gasteiger partial charge in [0, 0.05) is 12.6 Å². The van der Waals surface area contributed by atoms with Crippen LogP contribution in [0.5, 0.6) is 0 Å². The molecule has 0 amide bonds. The lowest BCUT2D eigenvalue weighted by Gasteiger charge is -2.20. The molecule has 0 fully saturated rings. The van der Waals surface area contributed by atoms with Crippen LogP contribution < -0.4 is 16.6 Å². The van der Waals surface area contributed by atoms with Crippen LogP contribution in [0.1, 0.15) is 20.3 Å². The van der Waals surface area contributed by atoms with Gasteiger partial charge in [-0.3, -0.25) is 4.79 Å². The molecule has 3 N–H and O–H groups in total. The third kappa shape index (κ3) is 5.66. The van der Waals surface area contributed by atoms with Gasteiger partial charge in [0.2, 0.25) is 0 Å². The molecule has 5 nitrogen and oxygen atoms in total. The summed E-state index contributed by atoms with van der Waals surface area (Å²) >= 11 is 3.02. The monoisotopic (exact) mass is 370 g/mol. The van der Waals surface area contributed by atoms with E-state index in [-0.39, 0.29) is 10.5 Å². The average molecular weight is 371 g/mol. The molecule has 0 aliphatic rings. The number of nitrogens with two attached hydrogens (primary N) is 1. The number of nitrogens with one attached hydrogen (secondary N) is 1. The summed E-state index contributed by atoms with van der Waals surface area (Å²) in [5, 5.41) is 6.57. The molecule has 1 aromatic heterocycles. The fourth-order valence-corrected chi connectivity index (χ4v) is 2.27. The molecule has 0 saturated heterocycles. The SMILES string of the molecule is CC(C)CC(CN)Nc1cnn(CC(F)(F)F)c(=O)c1Br. The Morgan fingerprint density at radius 1 is 1.48 bits per heavy atom. The summed E-state index contributed by atoms with van der Waals surface area (Å²) in [5.41, 5.74) is 5.15. The number of halogens is 4. The standard InChI is InChI=1S/C12H18BrF3N4O/c1-7(2)3-8(4-17)19-9-5-18-20(6-12(14,15)16)11(21)10(9)13/h5,7-8,19H,3-4,6,17H2,1-2H3. The van der Waals surface area contributed by atoms with Gasteiger partial charge in [-0.1, -0.05) is 13.8 Å². The molecule has 0 saturated carbocycles. The van der Waals surface area contributed by atoms with Crippen molar-refractivity contribution in [3.05, 3.63) is 21.0 Å². The maximum Gasteiger partial charge on any atom is 0.408 e. The first-order valence-electron chi connectivity index (χ1n) is 6.43. The van der Waals surface area contributed by atoms with Gasteiger partial charge in [0.15, 0.2) is 0 Å². The van der Waals surface area contributed by atoms with E-state index < -0.39 is 18.3 Å². The zero-order valence-electron chi connectivity index (χ0n) is 11.7. The Hall–Kier alpha value is -1.09. The molecule has 21 heavy (non-hydrogen) atoms. The van der Waals surface area contributed by atoms with Crippen molar-refractivity contribution in [2.24, 2.45) is 11.7 Å². The first-order chi connectivity index (χ1) is 9.64. The second-order valence-electron chi connectivity index (χ2n) is 5.16. The summed E-state index contributed by atoms with van der Waals surface area (Å²) < 4.78 is 37.3. The maximum absolute atomic E-state index is 12.3. The molecule has 0 radical (unpaired) electrons. The molecule has 0 bridgehead atoms. The third-order valence-electron chi connectivity index (χ3n) is 2.71. The Morgan fingerprint density at radius 2 is 2.10 bits per heavy atom. The fourth-order valence-electron chi connectivity index (χ4n) is 1.85. The minimum Gasteiger partial charge on any atom is -0.379 e. The predicted octanol–water partition coefficient (Wildman–Crippen LogP) is 2.35. The highest BCUT2D eigenvalue weighted by Crippen LogP contribution is 2.21. The lowest BCUT2D eigenvalue weighted by Crippen LogP contribution is -2.34. The molecule has 1 atom stereocenters. The molecule has 0 aliphatic heterocycles. The van der Waals surface area contributed by atoms with Gasteiger partial charge in [-0.25, -0.2) is 4.68 Å². The minimum atomic E-state index is -4.50. The number of hydrogen-bond donors (Lipinski definition) is 2. The van der Waals surface area contributed by atoms with Gasteiger partial charge in [-0.2, -0.15) is 18.3 Å². The fraction of sp³-hybridized carbons (Fsp3) is 0.667. The molecule has 0 spiro atoms. The van der Waals surface area contributed by atoms with Crippen molar-refractivity contribution < 1.29 is 13.2 Å². The smallest absolute Gasteiger partial charge is 0.379 e. The van der Waals surface area contributed by atoms with E-state index in [1.54, 1.807) is 0 Å². The topological polar surface area (TPSA) is 72.9 Å². The van der Waals surface area contributed by atoms with Gasteiger partial charge in [-0.15, -0.1) is 0 Å². The normalized spacial score (nSPS) is 13.5. The number of anilines is 1. The van der Waals surface area contributed by atoms with Crippen molar-refractivity contribution in [1.82, 2.24) is 9.78 Å². The van der Waals surface area contributed by atoms with Crippen LogP contribution in [0.15, 0.2) is 15.5 Å². The number of nitrogens with zero attached hydrogens (tertiary/aromatic N) is 2. The molecule has 1 aromatic rings. The van der Waals surface area contributed by atoms with Crippen molar-refractivity contribution in [1.29, 1.82) is 0 Å². The van der Waals surface area contributed by atoms with Crippen LogP contribution in [0.3, 0.4) is 0 Å². The second kappa shape index (κ2) is 7.26. The molecular weight excluding hydrogens is 353 g/mol. The summed E-state index contributed by atoms with van der Waals surface area (Å²) in [6.07, 6.45) is -2.53. The summed E-state index contributed by atoms with van der Waals surface area (Å²) in [5.74, 6) is 0.392. The van der Waals surface area contributed by atoms with E-state index in [0.717, 1.165) is 6.42 Å². The van der Waals surface area contributed by atoms with Gasteiger partial charge < -0.3 is 11.1 Å². The van der Waals surface area contributed by atoms with E-state index in [4.69, 9.17) is 5.73 Å². The van der Waals surface area contributed by atoms with E-state index in [1.807, 2.05) is 13.8 Å². The zero-order chi connectivity index (χ0) is 16.2. The largest absolute Gasteiger partial charge is 0.408 e. The van der Waals surface area contributed by atoms with Gasteiger partial charge in [0.05, 0.1) is 11.9 Å². The molecule has 1 unspecified atom stereocenters. The lowest BCUT2D eigenvalue weighted by molar-refractivity contribution is -0.143. The highest BCUT2D eigenvalue weighted by Gasteiger charge is 2.29. The van der Waals surface area contributed by atoms with Crippen LogP contribution >= 0.6 is 15.9 Å². The number of alkyl halides is 3. The molecule has 0 aromatic carbocycles. The van der Waals surface area contributed by atoms with Crippen molar-refractivity contribution in [2.75, 3.05) is 11.9 Å². The average Bonchev–Trinajstić information content (AvgIpc) is 2.35. The van der Waals surface area contributed by atoms with E-state index in [0.29, 0.717) is 22.8 Å². The minimum absolute atomic E-state index is 0.0176. The first-order valence-corrected chi connectivity index (χ1v) is 7.22. The van der Waals surface area contributed by atoms with Gasteiger partial charge in [0.1, 0.15) is 11.0 Å². The molecule has 120 valence electrons. The van der Waals surface area contributed by atoms with Crippen molar-refractivity contribution in [2.45, 2.75) is 39.0 Å². The number of rotatable bonds is 6. The summed E-state index contributed by atoms with van der Waals surface area (Å²) in [6.45, 7) is 2.98. The Labute approximate surface area is 128 Å². The van der Waals surface area contributed by atoms with E-state index >= 15 is 0 Å². The van der Waals surface area contributed by atoms with Crippen LogP contribution in [0, 0.1) is 5.92 Å². The van der Waals surface area contributed by atoms with Gasteiger partial charge in [-0.05, 0) is 28.3 Å². The van der Waals surface area contributed by atoms with Crippen LogP contribution in [-0.2, 0) is 6.54 Å². The van der Waals surface area contributed by atoms with Crippen LogP contribution in [-0.4, -0.2) is 28.5 Å². The van der Waals surface area contributed by atoms with Gasteiger partial charge in [0.25, 0.3) is 5.56 Å². The van der Waals surface area contributed by atoms with E-state index in [9.17, 15) is 18.0 Å². The predicted molar refractivity (Wildman–Crippen MR) is 78.2 cm³/mol. The van der Waals surface area contributed by atoms with Crippen molar-refractivity contribution in [3.63, 3.8) is 0 Å². The number of aromatic nitrogens is 2. The Kier molecular flexibility index (Phi) is 6.21. The van der Waals surface area contributed by atoms with Crippen molar-refractivity contribution in [3.8, 4) is 0 Å². The Bertz CT molecular complexity index is 530. The third-order valence-corrected chi connectivity index (χ3v) is 3.48. The van der Waals surface area contributed by atoms with Gasteiger partial charge >= 0.3 is 6.18 Å². The molecule has 1 rings (SSSR count). The Morgan fingerprint density at radius 3 is 2.57 bits per heavy atom. The number of hydrogen-bond acceptors (Lipinski definition) is 4. The molecule has 1 heterocycles. The Balaban J connectivity index is 2.96. The highest BCUT2D eigenvalue weighted by molar-refractivity contribution is 9.10. The zero-order valence-corrected chi connectivity index (χ0v) is 13.3. The quantitative estimate of drug-likeness (QED) is 0.805. The first kappa shape index (κ1) is 18.0. The maximum atomic E-state index is 12.3. The lowest BCUT2D eigenvalue weighted by atomic mass is 10.0. The van der Waals surface area contributed by atoms with Crippen LogP contribution in [0.25, 0.3) is 0 Å². The summed E-state index contributed by atoms with van der Waals surface area (Å²) in [6, 6.07) is -0.0824.